The lowest BCUT2D eigenvalue weighted by Crippen LogP contribution is -2.61. The number of likely N-dealkylation sites (tertiary alicyclic amines) is 1. The molecular weight excluding hydrogens is 579 g/mol. The average molecular weight is 619 g/mol. The first-order valence-electron chi connectivity index (χ1n) is 14.5. The van der Waals surface area contributed by atoms with Crippen LogP contribution in [0.4, 0.5) is 4.39 Å². The number of nitrogens with zero attached hydrogens (tertiary/aromatic N) is 2. The van der Waals surface area contributed by atoms with E-state index in [1.807, 2.05) is 50.5 Å². The number of amides is 3. The van der Waals surface area contributed by atoms with E-state index in [0.29, 0.717) is 51.5 Å². The Labute approximate surface area is 254 Å². The number of carbonyl (C=O) groups excluding carboxylic acids is 3. The van der Waals surface area contributed by atoms with Crippen molar-refractivity contribution in [2.24, 2.45) is 0 Å². The van der Waals surface area contributed by atoms with Crippen LogP contribution in [0.15, 0.2) is 29.8 Å². The number of nitrogens with one attached hydrogen (secondary N) is 2. The quantitative estimate of drug-likeness (QED) is 0.396. The van der Waals surface area contributed by atoms with Gasteiger partial charge in [0, 0.05) is 23.6 Å². The Hall–Kier alpha value is -2.54. The number of thioether (sulfide) groups is 1. The largest absolute Gasteiger partial charge is 0.376 e. The van der Waals surface area contributed by atoms with Crippen molar-refractivity contribution in [2.45, 2.75) is 81.6 Å². The molecule has 0 spiro atoms. The van der Waals surface area contributed by atoms with Gasteiger partial charge in [-0.2, -0.15) is 11.8 Å². The van der Waals surface area contributed by atoms with Crippen molar-refractivity contribution in [3.8, 4) is 10.4 Å². The summed E-state index contributed by atoms with van der Waals surface area (Å²) in [4.78, 5) is 47.1. The molecule has 12 heteroatoms. The maximum absolute atomic E-state index is 14.7. The second-order valence-electron chi connectivity index (χ2n) is 11.7. The Balaban J connectivity index is 1.24. The summed E-state index contributed by atoms with van der Waals surface area (Å²) in [5, 5.41) is 5.72. The third-order valence-electron chi connectivity index (χ3n) is 8.11. The van der Waals surface area contributed by atoms with Crippen molar-refractivity contribution >= 4 is 40.8 Å². The summed E-state index contributed by atoms with van der Waals surface area (Å²) in [7, 11) is 0. The van der Waals surface area contributed by atoms with Gasteiger partial charge in [-0.15, -0.1) is 11.3 Å². The standard InChI is InChI=1S/C30H39FN4O5S2/c1-19-24(41-18-33-19)21-8-6-20(7-9-21)15-32-26(36)23-5-4-12-35(23)27(37)25(34-28(38)30(31)10-11-30)29(2,3)42-17-22-16-39-13-14-40-22/h6-9,18,22-23,25H,4-5,10-17H2,1-3H3,(H,32,36)(H,34,38). The minimum absolute atomic E-state index is 0.129. The molecule has 2 N–H and O–H groups in total. The number of hydrogen-bond acceptors (Lipinski definition) is 8. The number of hydrogen-bond donors (Lipinski definition) is 2. The van der Waals surface area contributed by atoms with Crippen LogP contribution in [-0.4, -0.2) is 88.3 Å². The molecule has 2 aliphatic heterocycles. The fourth-order valence-electron chi connectivity index (χ4n) is 5.28. The first kappa shape index (κ1) is 30.9. The smallest absolute Gasteiger partial charge is 0.258 e. The van der Waals surface area contributed by atoms with Crippen LogP contribution in [-0.2, 0) is 30.4 Å². The maximum Gasteiger partial charge on any atom is 0.258 e. The van der Waals surface area contributed by atoms with Gasteiger partial charge in [0.2, 0.25) is 11.8 Å². The molecule has 3 unspecified atom stereocenters. The van der Waals surface area contributed by atoms with Crippen LogP contribution in [0.3, 0.4) is 0 Å². The molecule has 9 nitrogen and oxygen atoms in total. The van der Waals surface area contributed by atoms with Crippen molar-refractivity contribution in [1.82, 2.24) is 20.5 Å². The zero-order valence-electron chi connectivity index (χ0n) is 24.3. The molecule has 3 atom stereocenters. The molecule has 1 aromatic heterocycles. The predicted octanol–water partition coefficient (Wildman–Crippen LogP) is 3.64. The average Bonchev–Trinajstić information content (AvgIpc) is 3.34. The number of aryl methyl sites for hydroxylation is 1. The third-order valence-corrected chi connectivity index (χ3v) is 10.6. The highest BCUT2D eigenvalue weighted by molar-refractivity contribution is 8.00. The van der Waals surface area contributed by atoms with Gasteiger partial charge in [0.1, 0.15) is 12.1 Å². The number of carbonyl (C=O) groups is 3. The van der Waals surface area contributed by atoms with E-state index in [2.05, 4.69) is 15.6 Å². The van der Waals surface area contributed by atoms with E-state index >= 15 is 0 Å². The number of halogens is 1. The van der Waals surface area contributed by atoms with Gasteiger partial charge in [0.05, 0.1) is 42.0 Å². The molecule has 2 aromatic rings. The van der Waals surface area contributed by atoms with E-state index < -0.39 is 28.4 Å². The highest BCUT2D eigenvalue weighted by Crippen LogP contribution is 2.41. The van der Waals surface area contributed by atoms with Crippen molar-refractivity contribution in [1.29, 1.82) is 0 Å². The second kappa shape index (κ2) is 13.0. The molecule has 2 saturated heterocycles. The lowest BCUT2D eigenvalue weighted by molar-refractivity contribution is -0.143. The van der Waals surface area contributed by atoms with Gasteiger partial charge in [-0.3, -0.25) is 14.4 Å². The Kier molecular flexibility index (Phi) is 9.56. The van der Waals surface area contributed by atoms with Crippen LogP contribution in [0.1, 0.15) is 50.8 Å². The van der Waals surface area contributed by atoms with Gasteiger partial charge in [-0.25, -0.2) is 9.37 Å². The fourth-order valence-corrected chi connectivity index (χ4v) is 7.23. The summed E-state index contributed by atoms with van der Waals surface area (Å²) >= 11 is 3.07. The van der Waals surface area contributed by atoms with E-state index in [0.717, 1.165) is 21.7 Å². The van der Waals surface area contributed by atoms with Crippen LogP contribution in [0.25, 0.3) is 10.4 Å². The maximum atomic E-state index is 14.7. The van der Waals surface area contributed by atoms with Crippen molar-refractivity contribution in [3.05, 3.63) is 41.0 Å². The molecule has 3 amide bonds. The molecule has 1 aliphatic carbocycles. The zero-order valence-corrected chi connectivity index (χ0v) is 26.0. The molecule has 3 fully saturated rings. The predicted molar refractivity (Wildman–Crippen MR) is 161 cm³/mol. The molecule has 3 aliphatic rings. The molecule has 1 saturated carbocycles. The summed E-state index contributed by atoms with van der Waals surface area (Å²) < 4.78 is 25.2. The van der Waals surface area contributed by atoms with Gasteiger partial charge in [0.15, 0.2) is 5.67 Å². The van der Waals surface area contributed by atoms with Crippen molar-refractivity contribution in [2.75, 3.05) is 32.1 Å². The van der Waals surface area contributed by atoms with Crippen LogP contribution in [0.2, 0.25) is 0 Å². The normalized spacial score (nSPS) is 22.4. The molecule has 5 rings (SSSR count). The number of ether oxygens (including phenoxy) is 2. The Morgan fingerprint density at radius 2 is 2.00 bits per heavy atom. The molecular formula is C30H39FN4O5S2. The fraction of sp³-hybridized carbons (Fsp3) is 0.600. The minimum atomic E-state index is -1.92. The molecule has 228 valence electrons. The minimum Gasteiger partial charge on any atom is -0.376 e. The van der Waals surface area contributed by atoms with Crippen LogP contribution in [0, 0.1) is 6.92 Å². The number of rotatable bonds is 11. The van der Waals surface area contributed by atoms with Gasteiger partial charge in [-0.05, 0) is 57.6 Å². The highest BCUT2D eigenvalue weighted by atomic mass is 32.2. The first-order chi connectivity index (χ1) is 20.1. The molecule has 0 radical (unpaired) electrons. The van der Waals surface area contributed by atoms with Crippen LogP contribution in [0.5, 0.6) is 0 Å². The Bertz CT molecular complexity index is 1280. The Morgan fingerprint density at radius 1 is 1.24 bits per heavy atom. The van der Waals surface area contributed by atoms with Gasteiger partial charge >= 0.3 is 0 Å². The summed E-state index contributed by atoms with van der Waals surface area (Å²) in [6.45, 7) is 7.96. The summed E-state index contributed by atoms with van der Waals surface area (Å²) in [6.07, 6.45) is 1.37. The molecule has 42 heavy (non-hydrogen) atoms. The number of alkyl halides is 1. The summed E-state index contributed by atoms with van der Waals surface area (Å²) in [6, 6.07) is 6.31. The first-order valence-corrected chi connectivity index (χ1v) is 16.3. The van der Waals surface area contributed by atoms with E-state index in [1.165, 1.54) is 11.8 Å². The van der Waals surface area contributed by atoms with Gasteiger partial charge in [0.25, 0.3) is 5.91 Å². The molecule has 0 bridgehead atoms. The van der Waals surface area contributed by atoms with Crippen molar-refractivity contribution < 1.29 is 28.2 Å². The highest BCUT2D eigenvalue weighted by Gasteiger charge is 2.53. The van der Waals surface area contributed by atoms with Gasteiger partial charge in [-0.1, -0.05) is 24.3 Å². The van der Waals surface area contributed by atoms with Gasteiger partial charge < -0.3 is 25.0 Å². The van der Waals surface area contributed by atoms with Crippen molar-refractivity contribution in [3.63, 3.8) is 0 Å². The SMILES string of the molecule is Cc1ncsc1-c1ccc(CNC(=O)C2CCCN2C(=O)C(NC(=O)C2(F)CC2)C(C)(C)SCC2COCCO2)cc1. The van der Waals surface area contributed by atoms with E-state index in [1.54, 1.807) is 16.2 Å². The number of aromatic nitrogens is 1. The van der Waals surface area contributed by atoms with E-state index in [-0.39, 0.29) is 30.8 Å². The second-order valence-corrected chi connectivity index (χ2v) is 14.3. The topological polar surface area (TPSA) is 110 Å². The van der Waals surface area contributed by atoms with E-state index in [9.17, 15) is 18.8 Å². The van der Waals surface area contributed by atoms with E-state index in [4.69, 9.17) is 9.47 Å². The Morgan fingerprint density at radius 3 is 2.64 bits per heavy atom. The monoisotopic (exact) mass is 618 g/mol. The molecule has 1 aromatic carbocycles. The lowest BCUT2D eigenvalue weighted by Gasteiger charge is -2.38. The summed E-state index contributed by atoms with van der Waals surface area (Å²) in [5.74, 6) is -0.814. The number of thiazole rings is 1. The van der Waals surface area contributed by atoms with Crippen LogP contribution >= 0.6 is 23.1 Å². The lowest BCUT2D eigenvalue weighted by atomic mass is 10.00. The zero-order chi connectivity index (χ0) is 29.9. The third kappa shape index (κ3) is 7.15. The number of benzene rings is 1. The summed E-state index contributed by atoms with van der Waals surface area (Å²) in [5.41, 5.74) is 2.91. The molecule has 3 heterocycles. The van der Waals surface area contributed by atoms with Crippen LogP contribution < -0.4 is 10.6 Å².